The van der Waals surface area contributed by atoms with Crippen molar-refractivity contribution in [2.24, 2.45) is 27.1 Å². The molecule has 0 saturated heterocycles. The molecule has 0 radical (unpaired) electrons. The molecule has 0 spiro atoms. The first-order valence-electron chi connectivity index (χ1n) is 22.9. The van der Waals surface area contributed by atoms with E-state index in [2.05, 4.69) is 0 Å². The molecule has 0 aromatic heterocycles. The lowest BCUT2D eigenvalue weighted by molar-refractivity contribution is -0.175. The highest BCUT2D eigenvalue weighted by Gasteiger charge is 2.56. The molecule has 5 rings (SSSR count). The van der Waals surface area contributed by atoms with Gasteiger partial charge in [0.15, 0.2) is 0 Å². The molecule has 4 unspecified atom stereocenters. The third-order valence-electron chi connectivity index (χ3n) is 12.5. The summed E-state index contributed by atoms with van der Waals surface area (Å²) in [5.74, 6) is -3.05. The number of hydrogen-bond donors (Lipinski definition) is 0. The molecule has 0 N–H and O–H groups in total. The summed E-state index contributed by atoms with van der Waals surface area (Å²) in [5, 5.41) is 0. The van der Waals surface area contributed by atoms with Crippen molar-refractivity contribution in [1.29, 1.82) is 0 Å². The molecule has 4 atom stereocenters. The molecule has 0 saturated carbocycles. The van der Waals surface area contributed by atoms with E-state index in [9.17, 15) is 19.2 Å². The van der Waals surface area contributed by atoms with Gasteiger partial charge in [0, 0.05) is 0 Å². The molecule has 10 heteroatoms. The van der Waals surface area contributed by atoms with Gasteiger partial charge in [0.25, 0.3) is 0 Å². The van der Waals surface area contributed by atoms with Gasteiger partial charge in [0.05, 0.1) is 27.1 Å². The Morgan fingerprint density at radius 1 is 0.313 bits per heavy atom. The van der Waals surface area contributed by atoms with Crippen molar-refractivity contribution in [3.05, 3.63) is 179 Å². The number of carbonyl (C=O) groups is 5. The van der Waals surface area contributed by atoms with Crippen LogP contribution in [0.25, 0.3) is 0 Å². The summed E-state index contributed by atoms with van der Waals surface area (Å²) in [6.07, 6.45) is -0.328. The van der Waals surface area contributed by atoms with Crippen molar-refractivity contribution in [2.75, 3.05) is 0 Å². The zero-order valence-corrected chi connectivity index (χ0v) is 40.1. The van der Waals surface area contributed by atoms with Crippen LogP contribution in [0.1, 0.15) is 108 Å². The van der Waals surface area contributed by atoms with Crippen LogP contribution >= 0.6 is 0 Å². The van der Waals surface area contributed by atoms with Gasteiger partial charge in [-0.1, -0.05) is 159 Å². The Hall–Kier alpha value is -6.55. The van der Waals surface area contributed by atoms with Crippen molar-refractivity contribution in [3.63, 3.8) is 0 Å². The van der Waals surface area contributed by atoms with Gasteiger partial charge in [0.1, 0.15) is 33.0 Å². The first kappa shape index (κ1) is 51.4. The van der Waals surface area contributed by atoms with Gasteiger partial charge in [-0.15, -0.1) is 0 Å². The minimum Gasteiger partial charge on any atom is -0.460 e. The maximum Gasteiger partial charge on any atom is 0.312 e. The zero-order chi connectivity index (χ0) is 48.6. The number of benzene rings is 5. The van der Waals surface area contributed by atoms with E-state index >= 15 is 4.79 Å². The van der Waals surface area contributed by atoms with E-state index in [1.54, 1.807) is 41.5 Å². The number of esters is 5. The highest BCUT2D eigenvalue weighted by molar-refractivity contribution is 5.85. The second-order valence-corrected chi connectivity index (χ2v) is 19.5. The van der Waals surface area contributed by atoms with Crippen molar-refractivity contribution in [1.82, 2.24) is 0 Å². The highest BCUT2D eigenvalue weighted by atomic mass is 16.6. The number of ether oxygens (including phenoxy) is 5. The Morgan fingerprint density at radius 2 is 0.522 bits per heavy atom. The van der Waals surface area contributed by atoms with E-state index in [-0.39, 0.29) is 58.7 Å². The van der Waals surface area contributed by atoms with Gasteiger partial charge in [-0.25, -0.2) is 0 Å². The number of rotatable bonds is 24. The minimum atomic E-state index is -1.64. The predicted octanol–water partition coefficient (Wildman–Crippen LogP) is 11.7. The largest absolute Gasteiger partial charge is 0.460 e. The average molecular weight is 911 g/mol. The maximum atomic E-state index is 15.1. The van der Waals surface area contributed by atoms with Gasteiger partial charge >= 0.3 is 29.8 Å². The van der Waals surface area contributed by atoms with Crippen LogP contribution in [0.4, 0.5) is 0 Å². The molecule has 0 amide bonds. The van der Waals surface area contributed by atoms with Gasteiger partial charge in [0.2, 0.25) is 0 Å². The maximum absolute atomic E-state index is 15.1. The molecule has 5 aromatic carbocycles. The Bertz CT molecular complexity index is 2370. The summed E-state index contributed by atoms with van der Waals surface area (Å²) in [6, 6.07) is 46.2. The smallest absolute Gasteiger partial charge is 0.312 e. The Balaban J connectivity index is 1.57. The van der Waals surface area contributed by atoms with Crippen LogP contribution in [-0.2, 0) is 80.7 Å². The first-order chi connectivity index (χ1) is 31.9. The molecule has 0 aliphatic rings. The standard InChI is InChI=1S/C57H66O10/c1-8-54(4,49(59)64-35-44-26-16-10-17-27-44)40-56(6,51(61)66-37-46-30-20-12-21-31-46)42-57(7,52(62)67-38-47-32-22-13-23-33-47)41-55(5,50(60)65-36-45-28-18-11-19-29-45)39-53(2,3)48(58)63-34-43-24-14-9-15-25-43/h9-33H,8,34-42H2,1-7H3. The monoisotopic (exact) mass is 910 g/mol. The van der Waals surface area contributed by atoms with Gasteiger partial charge in [-0.05, 0) is 101 Å². The molecular weight excluding hydrogens is 845 g/mol. The lowest BCUT2D eigenvalue weighted by Gasteiger charge is -2.44. The molecule has 0 fully saturated rings. The zero-order valence-electron chi connectivity index (χ0n) is 40.1. The SMILES string of the molecule is CCC(C)(CC(C)(CC(C)(CC(C)(CC(C)(C)C(=O)OCc1ccccc1)C(=O)OCc1ccccc1)C(=O)OCc1ccccc1)C(=O)OCc1ccccc1)C(=O)OCc1ccccc1. The summed E-state index contributed by atoms with van der Waals surface area (Å²) in [4.78, 5) is 73.0. The van der Waals surface area contributed by atoms with Crippen LogP contribution in [0, 0.1) is 27.1 Å². The van der Waals surface area contributed by atoms with Crippen LogP contribution in [0.3, 0.4) is 0 Å². The van der Waals surface area contributed by atoms with Crippen molar-refractivity contribution in [2.45, 2.75) is 114 Å². The third-order valence-corrected chi connectivity index (χ3v) is 12.5. The fraction of sp³-hybridized carbons (Fsp3) is 0.386. The van der Waals surface area contributed by atoms with Crippen molar-refractivity contribution in [3.8, 4) is 0 Å². The summed E-state index contributed by atoms with van der Waals surface area (Å²) in [7, 11) is 0. The quantitative estimate of drug-likeness (QED) is 0.0435. The molecule has 354 valence electrons. The van der Waals surface area contributed by atoms with Crippen LogP contribution < -0.4 is 0 Å². The minimum absolute atomic E-state index is 0.0230. The number of hydrogen-bond acceptors (Lipinski definition) is 10. The Labute approximate surface area is 396 Å². The normalized spacial score (nSPS) is 15.0. The molecule has 0 heterocycles. The summed E-state index contributed by atoms with van der Waals surface area (Å²) in [6.45, 7) is 11.9. The Kier molecular flexibility index (Phi) is 17.9. The second-order valence-electron chi connectivity index (χ2n) is 19.5. The van der Waals surface area contributed by atoms with Gasteiger partial charge < -0.3 is 23.7 Å². The van der Waals surface area contributed by atoms with E-state index < -0.39 is 56.9 Å². The third kappa shape index (κ3) is 14.7. The topological polar surface area (TPSA) is 132 Å². The lowest BCUT2D eigenvalue weighted by Crippen LogP contribution is -2.48. The van der Waals surface area contributed by atoms with E-state index in [0.29, 0.717) is 6.42 Å². The van der Waals surface area contributed by atoms with E-state index in [1.165, 1.54) is 0 Å². The van der Waals surface area contributed by atoms with Gasteiger partial charge in [-0.2, -0.15) is 0 Å². The van der Waals surface area contributed by atoms with E-state index in [4.69, 9.17) is 23.7 Å². The fourth-order valence-corrected chi connectivity index (χ4v) is 9.10. The Morgan fingerprint density at radius 3 is 0.776 bits per heavy atom. The predicted molar refractivity (Wildman–Crippen MR) is 256 cm³/mol. The molecule has 10 nitrogen and oxygen atoms in total. The highest BCUT2D eigenvalue weighted by Crippen LogP contribution is 2.52. The molecule has 0 aliphatic carbocycles. The first-order valence-corrected chi connectivity index (χ1v) is 22.9. The van der Waals surface area contributed by atoms with E-state index in [0.717, 1.165) is 27.8 Å². The molecular formula is C57H66O10. The number of carbonyl (C=O) groups excluding carboxylic acids is 5. The summed E-state index contributed by atoms with van der Waals surface area (Å²) >= 11 is 0. The van der Waals surface area contributed by atoms with Crippen LogP contribution in [0.5, 0.6) is 0 Å². The lowest BCUT2D eigenvalue weighted by atomic mass is 9.59. The van der Waals surface area contributed by atoms with Crippen LogP contribution in [0.15, 0.2) is 152 Å². The summed E-state index contributed by atoms with van der Waals surface area (Å²) in [5.41, 5.74) is -3.41. The van der Waals surface area contributed by atoms with Crippen LogP contribution in [0.2, 0.25) is 0 Å². The molecule has 0 aliphatic heterocycles. The average Bonchev–Trinajstić information content (AvgIpc) is 3.33. The van der Waals surface area contributed by atoms with Crippen molar-refractivity contribution >= 4 is 29.8 Å². The molecule has 5 aromatic rings. The molecule has 67 heavy (non-hydrogen) atoms. The fourth-order valence-electron chi connectivity index (χ4n) is 9.10. The van der Waals surface area contributed by atoms with E-state index in [1.807, 2.05) is 159 Å². The van der Waals surface area contributed by atoms with Gasteiger partial charge in [-0.3, -0.25) is 24.0 Å². The van der Waals surface area contributed by atoms with Crippen molar-refractivity contribution < 1.29 is 47.7 Å². The van der Waals surface area contributed by atoms with Crippen LogP contribution in [-0.4, -0.2) is 29.8 Å². The second kappa shape index (κ2) is 23.3. The molecule has 0 bridgehead atoms. The summed E-state index contributed by atoms with van der Waals surface area (Å²) < 4.78 is 30.0.